The highest BCUT2D eigenvalue weighted by Crippen LogP contribution is 2.39. The van der Waals surface area contributed by atoms with Crippen LogP contribution < -0.4 is 9.47 Å². The summed E-state index contributed by atoms with van der Waals surface area (Å²) in [5.74, 6) is -0.0761. The first-order valence-corrected chi connectivity index (χ1v) is 13.7. The minimum Gasteiger partial charge on any atom is -0.490 e. The molecule has 200 valence electrons. The molecule has 0 spiro atoms. The van der Waals surface area contributed by atoms with Crippen LogP contribution in [0.2, 0.25) is 0 Å². The van der Waals surface area contributed by atoms with E-state index < -0.39 is 12.0 Å². The third-order valence-corrected chi connectivity index (χ3v) is 7.58. The van der Waals surface area contributed by atoms with Crippen LogP contribution in [-0.2, 0) is 19.1 Å². The molecule has 0 aromatic heterocycles. The number of carbonyl (C=O) groups is 3. The Hall–Kier alpha value is -3.37. The lowest BCUT2D eigenvalue weighted by atomic mass is 10.1. The summed E-state index contributed by atoms with van der Waals surface area (Å²) in [5.41, 5.74) is 1.30. The summed E-state index contributed by atoms with van der Waals surface area (Å²) in [6.45, 7) is 3.72. The fourth-order valence-corrected chi connectivity index (χ4v) is 5.68. The van der Waals surface area contributed by atoms with Gasteiger partial charge in [0.25, 0.3) is 11.8 Å². The SMILES string of the molecule is CCOc1cc(/C=C2/SC(=S)N(C(C(=O)OC)c3ccccc3)C2=O)ccc1OCC(=O)N1CCCCC1. The van der Waals surface area contributed by atoms with Crippen LogP contribution in [0.15, 0.2) is 53.4 Å². The molecule has 4 rings (SSSR count). The molecule has 10 heteroatoms. The van der Waals surface area contributed by atoms with E-state index in [1.807, 2.05) is 17.9 Å². The molecule has 38 heavy (non-hydrogen) atoms. The molecule has 8 nitrogen and oxygen atoms in total. The predicted molar refractivity (Wildman–Crippen MR) is 150 cm³/mol. The number of esters is 1. The number of methoxy groups -OCH3 is 1. The largest absolute Gasteiger partial charge is 0.490 e. The van der Waals surface area contributed by atoms with Crippen LogP contribution in [0.25, 0.3) is 6.08 Å². The van der Waals surface area contributed by atoms with Gasteiger partial charge in [0.05, 0.1) is 18.6 Å². The van der Waals surface area contributed by atoms with Gasteiger partial charge in [-0.3, -0.25) is 14.5 Å². The minimum atomic E-state index is -0.980. The Labute approximate surface area is 231 Å². The number of hydrogen-bond donors (Lipinski definition) is 0. The maximum absolute atomic E-state index is 13.4. The van der Waals surface area contributed by atoms with Crippen LogP contribution in [0, 0.1) is 0 Å². The van der Waals surface area contributed by atoms with Gasteiger partial charge in [-0.2, -0.15) is 0 Å². The number of amides is 2. The van der Waals surface area contributed by atoms with Crippen LogP contribution in [0.3, 0.4) is 0 Å². The van der Waals surface area contributed by atoms with Gasteiger partial charge in [-0.15, -0.1) is 0 Å². The number of likely N-dealkylation sites (tertiary alicyclic amines) is 1. The minimum absolute atomic E-state index is 0.0431. The van der Waals surface area contributed by atoms with Crippen molar-refractivity contribution >= 4 is 52.2 Å². The molecule has 2 heterocycles. The molecular weight excluding hydrogens is 524 g/mol. The fourth-order valence-electron chi connectivity index (χ4n) is 4.37. The summed E-state index contributed by atoms with van der Waals surface area (Å²) in [6, 6.07) is 13.2. The summed E-state index contributed by atoms with van der Waals surface area (Å²) < 4.78 is 16.8. The van der Waals surface area contributed by atoms with Crippen molar-refractivity contribution in [3.05, 3.63) is 64.6 Å². The van der Waals surface area contributed by atoms with Gasteiger partial charge in [0.1, 0.15) is 4.32 Å². The Bertz CT molecular complexity index is 1230. The van der Waals surface area contributed by atoms with Crippen molar-refractivity contribution < 1.29 is 28.6 Å². The lowest BCUT2D eigenvalue weighted by Gasteiger charge is -2.26. The molecular formula is C28H30N2O6S2. The zero-order valence-electron chi connectivity index (χ0n) is 21.4. The van der Waals surface area contributed by atoms with Gasteiger partial charge in [0.15, 0.2) is 24.1 Å². The fraction of sp³-hybridized carbons (Fsp3) is 0.357. The van der Waals surface area contributed by atoms with E-state index in [4.69, 9.17) is 26.4 Å². The Morgan fingerprint density at radius 3 is 2.47 bits per heavy atom. The lowest BCUT2D eigenvalue weighted by molar-refractivity contribution is -0.148. The third kappa shape index (κ3) is 6.36. The molecule has 0 bridgehead atoms. The van der Waals surface area contributed by atoms with E-state index in [2.05, 4.69) is 0 Å². The van der Waals surface area contributed by atoms with Gasteiger partial charge in [0, 0.05) is 13.1 Å². The summed E-state index contributed by atoms with van der Waals surface area (Å²) in [7, 11) is 1.28. The second kappa shape index (κ2) is 12.9. The zero-order valence-corrected chi connectivity index (χ0v) is 23.0. The topological polar surface area (TPSA) is 85.4 Å². The molecule has 1 unspecified atom stereocenters. The van der Waals surface area contributed by atoms with Crippen molar-refractivity contribution in [2.24, 2.45) is 0 Å². The Balaban J connectivity index is 1.53. The van der Waals surface area contributed by atoms with Gasteiger partial charge in [0.2, 0.25) is 0 Å². The first-order chi connectivity index (χ1) is 18.4. The number of carbonyl (C=O) groups excluding carboxylic acids is 3. The van der Waals surface area contributed by atoms with Crippen molar-refractivity contribution in [2.75, 3.05) is 33.4 Å². The molecule has 2 fully saturated rings. The second-order valence-electron chi connectivity index (χ2n) is 8.76. The molecule has 2 aromatic rings. The number of nitrogens with zero attached hydrogens (tertiary/aromatic N) is 2. The monoisotopic (exact) mass is 554 g/mol. The second-order valence-corrected chi connectivity index (χ2v) is 10.4. The standard InChI is InChI=1S/C28H30N2O6S2/c1-3-35-22-16-19(12-13-21(22)36-18-24(31)29-14-8-5-9-15-29)17-23-26(32)30(28(37)38-23)25(27(33)34-2)20-10-6-4-7-11-20/h4,6-7,10-13,16-17,25H,3,5,8-9,14-15,18H2,1-2H3/b23-17+. The van der Waals surface area contributed by atoms with E-state index in [9.17, 15) is 14.4 Å². The van der Waals surface area contributed by atoms with Gasteiger partial charge in [-0.05, 0) is 55.5 Å². The molecule has 0 saturated carbocycles. The van der Waals surface area contributed by atoms with Gasteiger partial charge < -0.3 is 19.1 Å². The van der Waals surface area contributed by atoms with Crippen molar-refractivity contribution in [3.8, 4) is 11.5 Å². The van der Waals surface area contributed by atoms with Crippen molar-refractivity contribution in [1.82, 2.24) is 9.80 Å². The van der Waals surface area contributed by atoms with Gasteiger partial charge in [-0.1, -0.05) is 60.4 Å². The molecule has 2 saturated heterocycles. The number of thiocarbonyl (C=S) groups is 1. The number of rotatable bonds is 9. The molecule has 2 aromatic carbocycles. The highest BCUT2D eigenvalue weighted by molar-refractivity contribution is 8.26. The van der Waals surface area contributed by atoms with Crippen LogP contribution >= 0.6 is 24.0 Å². The van der Waals surface area contributed by atoms with E-state index in [-0.39, 0.29) is 22.7 Å². The average molecular weight is 555 g/mol. The number of thioether (sulfide) groups is 1. The van der Waals surface area contributed by atoms with Crippen LogP contribution in [0.1, 0.15) is 43.4 Å². The molecule has 1 atom stereocenters. The maximum atomic E-state index is 13.4. The summed E-state index contributed by atoms with van der Waals surface area (Å²) >= 11 is 6.61. The quantitative estimate of drug-likeness (QED) is 0.253. The summed E-state index contributed by atoms with van der Waals surface area (Å²) in [6.07, 6.45) is 4.88. The van der Waals surface area contributed by atoms with Crippen molar-refractivity contribution in [3.63, 3.8) is 0 Å². The molecule has 2 aliphatic rings. The van der Waals surface area contributed by atoms with Gasteiger partial charge in [-0.25, -0.2) is 4.79 Å². The molecule has 2 aliphatic heterocycles. The number of piperidine rings is 1. The number of ether oxygens (including phenoxy) is 3. The van der Waals surface area contributed by atoms with E-state index in [0.29, 0.717) is 34.1 Å². The summed E-state index contributed by atoms with van der Waals surface area (Å²) in [4.78, 5) is 42.1. The molecule has 0 aliphatic carbocycles. The Morgan fingerprint density at radius 2 is 1.79 bits per heavy atom. The van der Waals surface area contributed by atoms with E-state index >= 15 is 0 Å². The van der Waals surface area contributed by atoms with E-state index in [1.165, 1.54) is 12.0 Å². The predicted octanol–water partition coefficient (Wildman–Crippen LogP) is 4.59. The van der Waals surface area contributed by atoms with Crippen LogP contribution in [0.4, 0.5) is 0 Å². The third-order valence-electron chi connectivity index (χ3n) is 6.25. The lowest BCUT2D eigenvalue weighted by Crippen LogP contribution is -2.38. The molecule has 0 radical (unpaired) electrons. The molecule has 0 N–H and O–H groups in total. The normalized spacial score (nSPS) is 17.5. The number of benzene rings is 2. The van der Waals surface area contributed by atoms with Gasteiger partial charge >= 0.3 is 5.97 Å². The highest BCUT2D eigenvalue weighted by Gasteiger charge is 2.41. The zero-order chi connectivity index (χ0) is 27.1. The number of hydrogen-bond acceptors (Lipinski definition) is 8. The van der Waals surface area contributed by atoms with E-state index in [1.54, 1.807) is 48.5 Å². The van der Waals surface area contributed by atoms with Crippen molar-refractivity contribution in [1.29, 1.82) is 0 Å². The maximum Gasteiger partial charge on any atom is 0.333 e. The highest BCUT2D eigenvalue weighted by atomic mass is 32.2. The van der Waals surface area contributed by atoms with Crippen molar-refractivity contribution in [2.45, 2.75) is 32.2 Å². The first-order valence-electron chi connectivity index (χ1n) is 12.5. The summed E-state index contributed by atoms with van der Waals surface area (Å²) in [5, 5.41) is 0. The van der Waals surface area contributed by atoms with E-state index in [0.717, 1.165) is 44.1 Å². The van der Waals surface area contributed by atoms with Crippen LogP contribution in [-0.4, -0.2) is 65.3 Å². The average Bonchev–Trinajstić information content (AvgIpc) is 3.21. The van der Waals surface area contributed by atoms with Crippen LogP contribution in [0.5, 0.6) is 11.5 Å². The Kier molecular flexibility index (Phi) is 9.41. The first kappa shape index (κ1) is 27.7. The molecule has 2 amide bonds. The smallest absolute Gasteiger partial charge is 0.333 e. The Morgan fingerprint density at radius 1 is 1.05 bits per heavy atom.